The molecule has 1 aliphatic heterocycles. The highest BCUT2D eigenvalue weighted by atomic mass is 35.5. The standard InChI is InChI=1S/C22H25ClN2O3/c1-16-15-17(23)11-12-20(16)28-14-6-10-21(26)25-13-5-9-19(25)22(27)24-18-7-3-2-4-8-18/h2-4,7-8,11-12,15,19H,5-6,9-10,13-14H2,1H3,(H,24,27)/t19-/m1/s1. The van der Waals surface area contributed by atoms with Crippen LogP contribution in [0.5, 0.6) is 5.75 Å². The highest BCUT2D eigenvalue weighted by Gasteiger charge is 2.33. The molecule has 0 bridgehead atoms. The molecular formula is C22H25ClN2O3. The molecular weight excluding hydrogens is 376 g/mol. The molecule has 0 radical (unpaired) electrons. The molecule has 1 atom stereocenters. The Morgan fingerprint density at radius 1 is 1.21 bits per heavy atom. The summed E-state index contributed by atoms with van der Waals surface area (Å²) in [4.78, 5) is 26.9. The van der Waals surface area contributed by atoms with Crippen molar-refractivity contribution >= 4 is 29.1 Å². The monoisotopic (exact) mass is 400 g/mol. The van der Waals surface area contributed by atoms with Crippen LogP contribution in [-0.2, 0) is 9.59 Å². The van der Waals surface area contributed by atoms with Crippen molar-refractivity contribution in [3.05, 3.63) is 59.1 Å². The third kappa shape index (κ3) is 5.26. The summed E-state index contributed by atoms with van der Waals surface area (Å²) in [6.45, 7) is 3.01. The Morgan fingerprint density at radius 2 is 2.00 bits per heavy atom. The van der Waals surface area contributed by atoms with Gasteiger partial charge in [0, 0.05) is 23.7 Å². The minimum Gasteiger partial charge on any atom is -0.493 e. The quantitative estimate of drug-likeness (QED) is 0.699. The summed E-state index contributed by atoms with van der Waals surface area (Å²) in [5, 5.41) is 3.57. The summed E-state index contributed by atoms with van der Waals surface area (Å²) in [6.07, 6.45) is 2.51. The summed E-state index contributed by atoms with van der Waals surface area (Å²) >= 11 is 5.94. The van der Waals surface area contributed by atoms with Gasteiger partial charge in [-0.1, -0.05) is 29.8 Å². The van der Waals surface area contributed by atoms with Crippen molar-refractivity contribution in [2.75, 3.05) is 18.5 Å². The average molecular weight is 401 g/mol. The van der Waals surface area contributed by atoms with Gasteiger partial charge in [0.25, 0.3) is 0 Å². The van der Waals surface area contributed by atoms with Gasteiger partial charge in [-0.15, -0.1) is 0 Å². The third-order valence-corrected chi connectivity index (χ3v) is 5.08. The lowest BCUT2D eigenvalue weighted by atomic mass is 10.2. The normalized spacial score (nSPS) is 16.1. The maximum absolute atomic E-state index is 12.6. The van der Waals surface area contributed by atoms with E-state index in [1.807, 2.05) is 49.4 Å². The molecule has 1 saturated heterocycles. The van der Waals surface area contributed by atoms with Crippen LogP contribution >= 0.6 is 11.6 Å². The van der Waals surface area contributed by atoms with Crippen LogP contribution in [0.4, 0.5) is 5.69 Å². The van der Waals surface area contributed by atoms with Crippen LogP contribution < -0.4 is 10.1 Å². The number of carbonyl (C=O) groups is 2. The van der Waals surface area contributed by atoms with E-state index in [9.17, 15) is 9.59 Å². The van der Waals surface area contributed by atoms with Crippen molar-refractivity contribution in [1.29, 1.82) is 0 Å². The van der Waals surface area contributed by atoms with Crippen LogP contribution in [0.25, 0.3) is 0 Å². The van der Waals surface area contributed by atoms with Gasteiger partial charge in [0.1, 0.15) is 11.8 Å². The second-order valence-electron chi connectivity index (χ2n) is 6.96. The Hall–Kier alpha value is -2.53. The molecule has 0 aromatic heterocycles. The van der Waals surface area contributed by atoms with Crippen LogP contribution in [-0.4, -0.2) is 35.9 Å². The van der Waals surface area contributed by atoms with E-state index in [0.717, 1.165) is 23.4 Å². The zero-order valence-corrected chi connectivity index (χ0v) is 16.7. The lowest BCUT2D eigenvalue weighted by Gasteiger charge is -2.24. The van der Waals surface area contributed by atoms with E-state index >= 15 is 0 Å². The molecule has 148 valence electrons. The molecule has 0 unspecified atom stereocenters. The summed E-state index contributed by atoms with van der Waals surface area (Å²) in [5.41, 5.74) is 1.72. The Kier molecular flexibility index (Phi) is 6.93. The Balaban J connectivity index is 1.47. The molecule has 3 rings (SSSR count). The van der Waals surface area contributed by atoms with E-state index < -0.39 is 6.04 Å². The number of benzene rings is 2. The number of para-hydroxylation sites is 1. The van der Waals surface area contributed by atoms with Crippen LogP contribution in [0.1, 0.15) is 31.2 Å². The van der Waals surface area contributed by atoms with E-state index in [1.165, 1.54) is 0 Å². The summed E-state index contributed by atoms with van der Waals surface area (Å²) < 4.78 is 5.75. The second kappa shape index (κ2) is 9.60. The summed E-state index contributed by atoms with van der Waals surface area (Å²) in [6, 6.07) is 14.4. The average Bonchev–Trinajstić information content (AvgIpc) is 3.17. The molecule has 1 N–H and O–H groups in total. The van der Waals surface area contributed by atoms with E-state index in [4.69, 9.17) is 16.3 Å². The first-order valence-corrected chi connectivity index (χ1v) is 9.97. The molecule has 2 aromatic rings. The van der Waals surface area contributed by atoms with Crippen molar-refractivity contribution in [1.82, 2.24) is 4.90 Å². The maximum Gasteiger partial charge on any atom is 0.247 e. The highest BCUT2D eigenvalue weighted by Crippen LogP contribution is 2.23. The number of likely N-dealkylation sites (tertiary alicyclic amines) is 1. The van der Waals surface area contributed by atoms with Crippen molar-refractivity contribution < 1.29 is 14.3 Å². The maximum atomic E-state index is 12.6. The fraction of sp³-hybridized carbons (Fsp3) is 0.364. The number of carbonyl (C=O) groups excluding carboxylic acids is 2. The van der Waals surface area contributed by atoms with Crippen LogP contribution in [0, 0.1) is 6.92 Å². The number of rotatable bonds is 7. The zero-order valence-electron chi connectivity index (χ0n) is 16.0. The number of nitrogens with zero attached hydrogens (tertiary/aromatic N) is 1. The Morgan fingerprint density at radius 3 is 2.75 bits per heavy atom. The number of anilines is 1. The lowest BCUT2D eigenvalue weighted by Crippen LogP contribution is -2.43. The van der Waals surface area contributed by atoms with Crippen LogP contribution in [0.2, 0.25) is 5.02 Å². The molecule has 28 heavy (non-hydrogen) atoms. The zero-order chi connectivity index (χ0) is 19.9. The van der Waals surface area contributed by atoms with E-state index in [1.54, 1.807) is 11.0 Å². The molecule has 6 heteroatoms. The molecule has 1 aliphatic rings. The van der Waals surface area contributed by atoms with Crippen molar-refractivity contribution in [2.24, 2.45) is 0 Å². The van der Waals surface area contributed by atoms with Gasteiger partial charge >= 0.3 is 0 Å². The number of aryl methyl sites for hydroxylation is 1. The molecule has 0 spiro atoms. The van der Waals surface area contributed by atoms with Gasteiger partial charge in [0.15, 0.2) is 0 Å². The fourth-order valence-electron chi connectivity index (χ4n) is 3.41. The number of amides is 2. The van der Waals surface area contributed by atoms with Gasteiger partial charge in [0.05, 0.1) is 6.61 Å². The smallest absolute Gasteiger partial charge is 0.247 e. The molecule has 1 fully saturated rings. The number of ether oxygens (including phenoxy) is 1. The van der Waals surface area contributed by atoms with E-state index in [-0.39, 0.29) is 11.8 Å². The summed E-state index contributed by atoms with van der Waals surface area (Å²) in [7, 11) is 0. The minimum atomic E-state index is -0.396. The van der Waals surface area contributed by atoms with Gasteiger partial charge in [-0.25, -0.2) is 0 Å². The van der Waals surface area contributed by atoms with Crippen molar-refractivity contribution in [3.8, 4) is 5.75 Å². The molecule has 0 saturated carbocycles. The minimum absolute atomic E-state index is 0.00198. The lowest BCUT2D eigenvalue weighted by molar-refractivity contribution is -0.136. The number of halogens is 1. The van der Waals surface area contributed by atoms with Gasteiger partial charge in [0.2, 0.25) is 11.8 Å². The summed E-state index contributed by atoms with van der Waals surface area (Å²) in [5.74, 6) is 0.658. The molecule has 0 aliphatic carbocycles. The van der Waals surface area contributed by atoms with Gasteiger partial charge < -0.3 is 15.0 Å². The third-order valence-electron chi connectivity index (χ3n) is 4.85. The number of nitrogens with one attached hydrogen (secondary N) is 1. The first-order valence-electron chi connectivity index (χ1n) is 9.59. The van der Waals surface area contributed by atoms with Gasteiger partial charge in [-0.3, -0.25) is 9.59 Å². The van der Waals surface area contributed by atoms with E-state index in [2.05, 4.69) is 5.32 Å². The molecule has 2 amide bonds. The molecule has 2 aromatic carbocycles. The number of hydrogen-bond acceptors (Lipinski definition) is 3. The predicted octanol–water partition coefficient (Wildman–Crippen LogP) is 4.44. The largest absolute Gasteiger partial charge is 0.493 e. The first-order chi connectivity index (χ1) is 13.5. The topological polar surface area (TPSA) is 58.6 Å². The van der Waals surface area contributed by atoms with Crippen LogP contribution in [0.3, 0.4) is 0 Å². The van der Waals surface area contributed by atoms with Crippen molar-refractivity contribution in [3.63, 3.8) is 0 Å². The van der Waals surface area contributed by atoms with Crippen LogP contribution in [0.15, 0.2) is 48.5 Å². The highest BCUT2D eigenvalue weighted by molar-refractivity contribution is 6.30. The fourth-order valence-corrected chi connectivity index (χ4v) is 3.64. The second-order valence-corrected chi connectivity index (χ2v) is 7.40. The Bertz CT molecular complexity index is 826. The first kappa shape index (κ1) is 20.2. The molecule has 1 heterocycles. The Labute approximate surface area is 170 Å². The van der Waals surface area contributed by atoms with Crippen molar-refractivity contribution in [2.45, 2.75) is 38.6 Å². The SMILES string of the molecule is Cc1cc(Cl)ccc1OCCCC(=O)N1CCC[C@@H]1C(=O)Nc1ccccc1. The van der Waals surface area contributed by atoms with Gasteiger partial charge in [-0.2, -0.15) is 0 Å². The predicted molar refractivity (Wildman–Crippen MR) is 111 cm³/mol. The van der Waals surface area contributed by atoms with E-state index in [0.29, 0.717) is 37.4 Å². The van der Waals surface area contributed by atoms with Gasteiger partial charge in [-0.05, 0) is 62.1 Å². The number of hydrogen-bond donors (Lipinski definition) is 1. The molecule has 5 nitrogen and oxygen atoms in total.